The van der Waals surface area contributed by atoms with Crippen molar-refractivity contribution in [3.05, 3.63) is 35.1 Å². The Hall–Kier alpha value is -1.40. The Morgan fingerprint density at radius 2 is 2.12 bits per heavy atom. The molecule has 0 aromatic heterocycles. The van der Waals surface area contributed by atoms with E-state index in [4.69, 9.17) is 5.26 Å². The van der Waals surface area contributed by atoms with Gasteiger partial charge in [-0.2, -0.15) is 5.26 Å². The van der Waals surface area contributed by atoms with Crippen molar-refractivity contribution in [1.29, 1.82) is 5.26 Å². The first-order valence-electron chi connectivity index (χ1n) is 5.92. The standard InChI is InChI=1S/C14H19FN2/c1-4-7-14(2,3)17-10-12-8-11(9-16)5-6-13(12)15/h5-6,8,17H,4,7,10H2,1-3H3. The number of rotatable bonds is 5. The van der Waals surface area contributed by atoms with Crippen LogP contribution in [0.2, 0.25) is 0 Å². The molecule has 3 heteroatoms. The number of nitrogens with zero attached hydrogens (tertiary/aromatic N) is 1. The van der Waals surface area contributed by atoms with E-state index < -0.39 is 0 Å². The summed E-state index contributed by atoms with van der Waals surface area (Å²) >= 11 is 0. The van der Waals surface area contributed by atoms with Crippen LogP contribution in [0.1, 0.15) is 44.7 Å². The van der Waals surface area contributed by atoms with E-state index in [0.29, 0.717) is 17.7 Å². The van der Waals surface area contributed by atoms with Gasteiger partial charge in [-0.15, -0.1) is 0 Å². The van der Waals surface area contributed by atoms with Crippen LogP contribution in [-0.4, -0.2) is 5.54 Å². The smallest absolute Gasteiger partial charge is 0.127 e. The summed E-state index contributed by atoms with van der Waals surface area (Å²) in [7, 11) is 0. The molecule has 1 aromatic carbocycles. The van der Waals surface area contributed by atoms with Gasteiger partial charge in [0.1, 0.15) is 5.82 Å². The SMILES string of the molecule is CCCC(C)(C)NCc1cc(C#N)ccc1F. The third kappa shape index (κ3) is 4.16. The number of hydrogen-bond acceptors (Lipinski definition) is 2. The van der Waals surface area contributed by atoms with Crippen molar-refractivity contribution in [3.8, 4) is 6.07 Å². The highest BCUT2D eigenvalue weighted by molar-refractivity contribution is 5.33. The molecule has 0 bridgehead atoms. The average Bonchev–Trinajstić information content (AvgIpc) is 2.28. The minimum atomic E-state index is -0.260. The van der Waals surface area contributed by atoms with Gasteiger partial charge >= 0.3 is 0 Å². The normalized spacial score (nSPS) is 11.2. The molecule has 1 rings (SSSR count). The van der Waals surface area contributed by atoms with Crippen molar-refractivity contribution >= 4 is 0 Å². The van der Waals surface area contributed by atoms with Crippen LogP contribution in [0.5, 0.6) is 0 Å². The summed E-state index contributed by atoms with van der Waals surface area (Å²) in [6.07, 6.45) is 2.12. The van der Waals surface area contributed by atoms with Gasteiger partial charge in [0.2, 0.25) is 0 Å². The van der Waals surface area contributed by atoms with Crippen molar-refractivity contribution < 1.29 is 4.39 Å². The highest BCUT2D eigenvalue weighted by Crippen LogP contribution is 2.14. The lowest BCUT2D eigenvalue weighted by molar-refractivity contribution is 0.354. The minimum Gasteiger partial charge on any atom is -0.308 e. The Kier molecular flexibility index (Phi) is 4.65. The first-order chi connectivity index (χ1) is 7.98. The van der Waals surface area contributed by atoms with E-state index in [1.54, 1.807) is 6.07 Å². The summed E-state index contributed by atoms with van der Waals surface area (Å²) in [5.41, 5.74) is 1.04. The lowest BCUT2D eigenvalue weighted by Gasteiger charge is -2.26. The van der Waals surface area contributed by atoms with E-state index >= 15 is 0 Å². The summed E-state index contributed by atoms with van der Waals surface area (Å²) < 4.78 is 13.5. The molecule has 0 aliphatic rings. The zero-order chi connectivity index (χ0) is 12.9. The van der Waals surface area contributed by atoms with Crippen LogP contribution >= 0.6 is 0 Å². The molecule has 0 atom stereocenters. The van der Waals surface area contributed by atoms with Crippen molar-refractivity contribution in [2.75, 3.05) is 0 Å². The fourth-order valence-corrected chi connectivity index (χ4v) is 1.83. The molecule has 1 aromatic rings. The fraction of sp³-hybridized carbons (Fsp3) is 0.500. The second-order valence-corrected chi connectivity index (χ2v) is 4.91. The van der Waals surface area contributed by atoms with Crippen molar-refractivity contribution in [2.24, 2.45) is 0 Å². The van der Waals surface area contributed by atoms with Crippen LogP contribution in [0.25, 0.3) is 0 Å². The quantitative estimate of drug-likeness (QED) is 0.848. The molecule has 0 fully saturated rings. The van der Waals surface area contributed by atoms with E-state index in [1.165, 1.54) is 12.1 Å². The van der Waals surface area contributed by atoms with Crippen LogP contribution in [0, 0.1) is 17.1 Å². The maximum atomic E-state index is 13.5. The molecule has 0 saturated heterocycles. The van der Waals surface area contributed by atoms with Gasteiger partial charge in [0.15, 0.2) is 0 Å². The van der Waals surface area contributed by atoms with Gasteiger partial charge in [0.05, 0.1) is 11.6 Å². The molecule has 0 spiro atoms. The third-order valence-electron chi connectivity index (χ3n) is 2.81. The summed E-state index contributed by atoms with van der Waals surface area (Å²) in [5, 5.41) is 12.1. The first kappa shape index (κ1) is 13.7. The molecular weight excluding hydrogens is 215 g/mol. The Morgan fingerprint density at radius 1 is 1.41 bits per heavy atom. The third-order valence-corrected chi connectivity index (χ3v) is 2.81. The van der Waals surface area contributed by atoms with Crippen LogP contribution in [0.15, 0.2) is 18.2 Å². The molecule has 17 heavy (non-hydrogen) atoms. The molecule has 0 saturated carbocycles. The van der Waals surface area contributed by atoms with Crippen molar-refractivity contribution in [3.63, 3.8) is 0 Å². The monoisotopic (exact) mass is 234 g/mol. The van der Waals surface area contributed by atoms with Crippen LogP contribution < -0.4 is 5.32 Å². The molecule has 1 N–H and O–H groups in total. The van der Waals surface area contributed by atoms with E-state index in [2.05, 4.69) is 26.1 Å². The van der Waals surface area contributed by atoms with Gasteiger partial charge in [-0.05, 0) is 38.5 Å². The lowest BCUT2D eigenvalue weighted by Crippen LogP contribution is -2.38. The minimum absolute atomic E-state index is 0.0101. The second kappa shape index (κ2) is 5.79. The number of nitrogens with one attached hydrogen (secondary N) is 1. The van der Waals surface area contributed by atoms with Crippen molar-refractivity contribution in [1.82, 2.24) is 5.32 Å². The van der Waals surface area contributed by atoms with Crippen LogP contribution in [0.3, 0.4) is 0 Å². The second-order valence-electron chi connectivity index (χ2n) is 4.91. The molecule has 0 heterocycles. The van der Waals surface area contributed by atoms with Gasteiger partial charge in [-0.25, -0.2) is 4.39 Å². The first-order valence-corrected chi connectivity index (χ1v) is 5.92. The highest BCUT2D eigenvalue weighted by atomic mass is 19.1. The molecule has 0 unspecified atom stereocenters. The average molecular weight is 234 g/mol. The Balaban J connectivity index is 2.72. The summed E-state index contributed by atoms with van der Waals surface area (Å²) in [6, 6.07) is 6.47. The number of halogens is 1. The Labute approximate surface area is 102 Å². The molecule has 0 aliphatic carbocycles. The van der Waals surface area contributed by atoms with Gasteiger partial charge < -0.3 is 5.32 Å². The van der Waals surface area contributed by atoms with Crippen molar-refractivity contribution in [2.45, 2.75) is 45.7 Å². The summed E-state index contributed by atoms with van der Waals surface area (Å²) in [6.45, 7) is 6.78. The van der Waals surface area contributed by atoms with Crippen LogP contribution in [-0.2, 0) is 6.54 Å². The topological polar surface area (TPSA) is 35.8 Å². The fourth-order valence-electron chi connectivity index (χ4n) is 1.83. The van der Waals surface area contributed by atoms with E-state index in [0.717, 1.165) is 12.8 Å². The molecule has 0 radical (unpaired) electrons. The largest absolute Gasteiger partial charge is 0.308 e. The van der Waals surface area contributed by atoms with E-state index in [1.807, 2.05) is 6.07 Å². The van der Waals surface area contributed by atoms with Gasteiger partial charge in [0.25, 0.3) is 0 Å². The number of hydrogen-bond donors (Lipinski definition) is 1. The number of nitriles is 1. The Morgan fingerprint density at radius 3 is 2.71 bits per heavy atom. The maximum Gasteiger partial charge on any atom is 0.127 e. The molecule has 2 nitrogen and oxygen atoms in total. The predicted octanol–water partition coefficient (Wildman–Crippen LogP) is 3.37. The van der Waals surface area contributed by atoms with E-state index in [9.17, 15) is 4.39 Å². The summed E-state index contributed by atoms with van der Waals surface area (Å²) in [5.74, 6) is -0.260. The summed E-state index contributed by atoms with van der Waals surface area (Å²) in [4.78, 5) is 0. The van der Waals surface area contributed by atoms with E-state index in [-0.39, 0.29) is 11.4 Å². The Bertz CT molecular complexity index is 419. The maximum absolute atomic E-state index is 13.5. The van der Waals surface area contributed by atoms with Gasteiger partial charge in [0, 0.05) is 17.6 Å². The predicted molar refractivity (Wildman–Crippen MR) is 66.9 cm³/mol. The van der Waals surface area contributed by atoms with Crippen LogP contribution in [0.4, 0.5) is 4.39 Å². The molecule has 0 amide bonds. The number of benzene rings is 1. The zero-order valence-corrected chi connectivity index (χ0v) is 10.7. The molecule has 92 valence electrons. The zero-order valence-electron chi connectivity index (χ0n) is 10.7. The lowest BCUT2D eigenvalue weighted by atomic mass is 9.98. The van der Waals surface area contributed by atoms with Gasteiger partial charge in [-0.1, -0.05) is 13.3 Å². The molecular formula is C14H19FN2. The highest BCUT2D eigenvalue weighted by Gasteiger charge is 2.16. The van der Waals surface area contributed by atoms with Gasteiger partial charge in [-0.3, -0.25) is 0 Å². The molecule has 0 aliphatic heterocycles.